The number of aromatic nitrogens is 3. The van der Waals surface area contributed by atoms with Crippen molar-refractivity contribution < 1.29 is 4.79 Å². The smallest absolute Gasteiger partial charge is 0.252 e. The number of amides is 1. The van der Waals surface area contributed by atoms with E-state index in [0.29, 0.717) is 17.3 Å². The second-order valence-electron chi connectivity index (χ2n) is 6.65. The summed E-state index contributed by atoms with van der Waals surface area (Å²) in [7, 11) is 0. The van der Waals surface area contributed by atoms with Crippen LogP contribution < -0.4 is 16.4 Å². The highest BCUT2D eigenvalue weighted by Crippen LogP contribution is 2.44. The fourth-order valence-electron chi connectivity index (χ4n) is 4.11. The molecule has 1 spiro atoms. The molecule has 1 atom stereocenters. The zero-order chi connectivity index (χ0) is 16.7. The molecule has 1 aliphatic heterocycles. The average molecular weight is 324 g/mol. The number of primary amides is 1. The summed E-state index contributed by atoms with van der Waals surface area (Å²) in [5, 5.41) is 0. The molecule has 2 aromatic rings. The number of pyridine rings is 1. The van der Waals surface area contributed by atoms with E-state index in [4.69, 9.17) is 11.5 Å². The van der Waals surface area contributed by atoms with E-state index in [1.54, 1.807) is 18.3 Å². The Morgan fingerprint density at radius 2 is 2.17 bits per heavy atom. The van der Waals surface area contributed by atoms with Crippen LogP contribution in [0.4, 0.5) is 11.8 Å². The summed E-state index contributed by atoms with van der Waals surface area (Å²) in [6.07, 6.45) is 7.61. The summed E-state index contributed by atoms with van der Waals surface area (Å²) in [6, 6.07) is 3.47. The highest BCUT2D eigenvalue weighted by atomic mass is 16.1. The summed E-state index contributed by atoms with van der Waals surface area (Å²) < 4.78 is 0. The van der Waals surface area contributed by atoms with Crippen LogP contribution in [-0.4, -0.2) is 33.9 Å². The number of anilines is 2. The van der Waals surface area contributed by atoms with Crippen LogP contribution in [0.15, 0.2) is 24.5 Å². The van der Waals surface area contributed by atoms with Gasteiger partial charge in [-0.15, -0.1) is 0 Å². The molecule has 4 rings (SSSR count). The Morgan fingerprint density at radius 1 is 1.29 bits per heavy atom. The number of fused-ring (bicyclic) bond motifs is 2. The predicted molar refractivity (Wildman–Crippen MR) is 90.6 cm³/mol. The van der Waals surface area contributed by atoms with E-state index in [1.807, 2.05) is 6.20 Å². The first-order valence-electron chi connectivity index (χ1n) is 8.21. The van der Waals surface area contributed by atoms with Crippen molar-refractivity contribution in [3.8, 4) is 0 Å². The SMILES string of the molecule is NC(=O)c1cccnc1N1CCCC2(CCc3cnc(N)nc32)C1. The van der Waals surface area contributed by atoms with Crippen LogP contribution in [0.25, 0.3) is 0 Å². The molecule has 0 aromatic carbocycles. The monoisotopic (exact) mass is 324 g/mol. The Balaban J connectivity index is 1.72. The summed E-state index contributed by atoms with van der Waals surface area (Å²) in [5.41, 5.74) is 14.0. The topological polar surface area (TPSA) is 111 Å². The number of carbonyl (C=O) groups excluding carboxylic acids is 1. The van der Waals surface area contributed by atoms with Crippen molar-refractivity contribution in [3.63, 3.8) is 0 Å². The molecule has 1 unspecified atom stereocenters. The summed E-state index contributed by atoms with van der Waals surface area (Å²) >= 11 is 0. The number of rotatable bonds is 2. The lowest BCUT2D eigenvalue weighted by Gasteiger charge is -2.41. The summed E-state index contributed by atoms with van der Waals surface area (Å²) in [5.74, 6) is 0.540. The second-order valence-corrected chi connectivity index (χ2v) is 6.65. The van der Waals surface area contributed by atoms with E-state index in [9.17, 15) is 4.79 Å². The van der Waals surface area contributed by atoms with Gasteiger partial charge in [0.15, 0.2) is 0 Å². The molecule has 124 valence electrons. The lowest BCUT2D eigenvalue weighted by atomic mass is 9.77. The molecule has 0 radical (unpaired) electrons. The van der Waals surface area contributed by atoms with Crippen LogP contribution in [0.1, 0.15) is 40.9 Å². The second kappa shape index (κ2) is 5.43. The lowest BCUT2D eigenvalue weighted by Crippen LogP contribution is -2.46. The van der Waals surface area contributed by atoms with Crippen molar-refractivity contribution in [1.82, 2.24) is 15.0 Å². The van der Waals surface area contributed by atoms with Crippen LogP contribution >= 0.6 is 0 Å². The van der Waals surface area contributed by atoms with Gasteiger partial charge < -0.3 is 16.4 Å². The lowest BCUT2D eigenvalue weighted by molar-refractivity contribution is 0.1000. The average Bonchev–Trinajstić information content (AvgIpc) is 2.92. The number of nitrogen functional groups attached to an aromatic ring is 1. The van der Waals surface area contributed by atoms with E-state index in [-0.39, 0.29) is 5.41 Å². The Bertz CT molecular complexity index is 803. The van der Waals surface area contributed by atoms with Gasteiger partial charge >= 0.3 is 0 Å². The van der Waals surface area contributed by atoms with Gasteiger partial charge in [-0.25, -0.2) is 15.0 Å². The maximum absolute atomic E-state index is 11.7. The van der Waals surface area contributed by atoms with Gasteiger partial charge in [0.1, 0.15) is 5.82 Å². The van der Waals surface area contributed by atoms with E-state index in [0.717, 1.165) is 44.5 Å². The van der Waals surface area contributed by atoms with Crippen molar-refractivity contribution in [2.45, 2.75) is 31.1 Å². The third-order valence-electron chi connectivity index (χ3n) is 5.19. The number of hydrogen-bond acceptors (Lipinski definition) is 6. The fourth-order valence-corrected chi connectivity index (χ4v) is 4.11. The van der Waals surface area contributed by atoms with Gasteiger partial charge in [-0.05, 0) is 43.4 Å². The first-order chi connectivity index (χ1) is 11.6. The molecule has 24 heavy (non-hydrogen) atoms. The third-order valence-corrected chi connectivity index (χ3v) is 5.19. The highest BCUT2D eigenvalue weighted by Gasteiger charge is 2.44. The molecule has 1 saturated heterocycles. The number of nitrogens with zero attached hydrogens (tertiary/aromatic N) is 4. The van der Waals surface area contributed by atoms with E-state index < -0.39 is 5.91 Å². The largest absolute Gasteiger partial charge is 0.368 e. The maximum atomic E-state index is 11.7. The van der Waals surface area contributed by atoms with Crippen molar-refractivity contribution in [2.75, 3.05) is 23.7 Å². The molecule has 0 saturated carbocycles. The number of hydrogen-bond donors (Lipinski definition) is 2. The molecule has 7 nitrogen and oxygen atoms in total. The van der Waals surface area contributed by atoms with Crippen molar-refractivity contribution in [3.05, 3.63) is 41.3 Å². The fraction of sp³-hybridized carbons (Fsp3) is 0.412. The normalized spacial score (nSPS) is 22.6. The van der Waals surface area contributed by atoms with E-state index >= 15 is 0 Å². The van der Waals surface area contributed by atoms with Crippen molar-refractivity contribution in [2.24, 2.45) is 5.73 Å². The van der Waals surface area contributed by atoms with Crippen LogP contribution in [0.2, 0.25) is 0 Å². The van der Waals surface area contributed by atoms with Gasteiger partial charge in [0.25, 0.3) is 5.91 Å². The van der Waals surface area contributed by atoms with Crippen LogP contribution in [0.3, 0.4) is 0 Å². The predicted octanol–water partition coefficient (Wildman–Crippen LogP) is 1.04. The Morgan fingerprint density at radius 3 is 3.00 bits per heavy atom. The number of piperidine rings is 1. The van der Waals surface area contributed by atoms with Gasteiger partial charge in [0, 0.05) is 30.9 Å². The molecule has 4 N–H and O–H groups in total. The zero-order valence-corrected chi connectivity index (χ0v) is 13.4. The molecule has 3 heterocycles. The molecule has 7 heteroatoms. The molecule has 1 fully saturated rings. The molecule has 1 aliphatic carbocycles. The molecule has 0 bridgehead atoms. The number of carbonyl (C=O) groups is 1. The quantitative estimate of drug-likeness (QED) is 0.854. The van der Waals surface area contributed by atoms with Gasteiger partial charge in [0.2, 0.25) is 5.95 Å². The van der Waals surface area contributed by atoms with Crippen molar-refractivity contribution >= 4 is 17.7 Å². The van der Waals surface area contributed by atoms with Gasteiger partial charge in [-0.3, -0.25) is 4.79 Å². The van der Waals surface area contributed by atoms with Crippen LogP contribution in [-0.2, 0) is 11.8 Å². The summed E-state index contributed by atoms with van der Waals surface area (Å²) in [6.45, 7) is 1.63. The molecule has 2 aromatic heterocycles. The van der Waals surface area contributed by atoms with E-state index in [2.05, 4.69) is 19.9 Å². The molecule has 2 aliphatic rings. The highest BCUT2D eigenvalue weighted by molar-refractivity contribution is 5.97. The van der Waals surface area contributed by atoms with Gasteiger partial charge in [-0.2, -0.15) is 0 Å². The number of nitrogens with two attached hydrogens (primary N) is 2. The van der Waals surface area contributed by atoms with Crippen LogP contribution in [0.5, 0.6) is 0 Å². The molecular weight excluding hydrogens is 304 g/mol. The Kier molecular flexibility index (Phi) is 3.37. The Labute approximate surface area is 140 Å². The third kappa shape index (κ3) is 2.28. The van der Waals surface area contributed by atoms with Gasteiger partial charge in [0.05, 0.1) is 11.3 Å². The number of aryl methyl sites for hydroxylation is 1. The maximum Gasteiger partial charge on any atom is 0.252 e. The minimum absolute atomic E-state index is 0.0446. The minimum atomic E-state index is -0.448. The minimum Gasteiger partial charge on any atom is -0.368 e. The zero-order valence-electron chi connectivity index (χ0n) is 13.4. The first kappa shape index (κ1) is 14.9. The summed E-state index contributed by atoms with van der Waals surface area (Å²) in [4.78, 5) is 27.0. The molecular formula is C17H20N6O. The standard InChI is InChI=1S/C17H20N6O/c18-14(24)12-3-1-7-20-15(12)23-8-2-5-17(10-23)6-4-11-9-21-16(19)22-13(11)17/h1,3,7,9H,2,4-6,8,10H2,(H2,18,24)(H2,19,21,22). The Hall–Kier alpha value is -2.70. The molecule has 1 amide bonds. The van der Waals surface area contributed by atoms with Crippen LogP contribution in [0, 0.1) is 0 Å². The van der Waals surface area contributed by atoms with Gasteiger partial charge in [-0.1, -0.05) is 0 Å². The van der Waals surface area contributed by atoms with E-state index in [1.165, 1.54) is 5.56 Å². The first-order valence-corrected chi connectivity index (χ1v) is 8.21. The van der Waals surface area contributed by atoms with Crippen molar-refractivity contribution in [1.29, 1.82) is 0 Å².